The maximum atomic E-state index is 12.6. The molecule has 7 heteroatoms. The van der Waals surface area contributed by atoms with Gasteiger partial charge in [0.25, 0.3) is 0 Å². The van der Waals surface area contributed by atoms with Crippen LogP contribution in [0.15, 0.2) is 83.9 Å². The number of fused-ring (bicyclic) bond motifs is 3. The minimum Gasteiger partial charge on any atom is -0.485 e. The topological polar surface area (TPSA) is 61.4 Å². The number of benzene rings is 2. The molecule has 0 fully saturated rings. The fourth-order valence-electron chi connectivity index (χ4n) is 3.28. The summed E-state index contributed by atoms with van der Waals surface area (Å²) in [4.78, 5) is 21.4. The standard InChI is InChI=1S/C22H15ClN4O2/c23-16-8-10-17(11-9-16)27-18-13-24-21-19(29-14-15-5-2-1-3-6-15)7-4-12-26(21)20(18)25-22(27)28/h1-13H,14H2. The third-order valence-corrected chi connectivity index (χ3v) is 4.91. The Morgan fingerprint density at radius 3 is 2.55 bits per heavy atom. The van der Waals surface area contributed by atoms with Crippen molar-refractivity contribution in [2.45, 2.75) is 6.61 Å². The van der Waals surface area contributed by atoms with Crippen molar-refractivity contribution in [3.63, 3.8) is 0 Å². The predicted molar refractivity (Wildman–Crippen MR) is 111 cm³/mol. The maximum Gasteiger partial charge on any atom is 0.354 e. The zero-order valence-corrected chi connectivity index (χ0v) is 16.0. The van der Waals surface area contributed by atoms with Crippen LogP contribution >= 0.6 is 11.6 Å². The number of ether oxygens (including phenoxy) is 1. The van der Waals surface area contributed by atoms with Gasteiger partial charge in [0.15, 0.2) is 17.2 Å². The van der Waals surface area contributed by atoms with E-state index in [1.165, 1.54) is 4.57 Å². The van der Waals surface area contributed by atoms with E-state index in [0.29, 0.717) is 40.2 Å². The second-order valence-electron chi connectivity index (χ2n) is 6.51. The Balaban J connectivity index is 1.60. The van der Waals surface area contributed by atoms with E-state index in [2.05, 4.69) is 9.97 Å². The molecule has 0 amide bonds. The van der Waals surface area contributed by atoms with E-state index in [1.54, 1.807) is 34.9 Å². The maximum absolute atomic E-state index is 12.6. The fourth-order valence-corrected chi connectivity index (χ4v) is 3.41. The average Bonchev–Trinajstić information content (AvgIpc) is 3.10. The van der Waals surface area contributed by atoms with E-state index in [1.807, 2.05) is 48.7 Å². The van der Waals surface area contributed by atoms with Gasteiger partial charge >= 0.3 is 5.69 Å². The highest BCUT2D eigenvalue weighted by Gasteiger charge is 2.20. The van der Waals surface area contributed by atoms with Gasteiger partial charge in [-0.15, -0.1) is 0 Å². The molecular weight excluding hydrogens is 388 g/mol. The zero-order valence-electron chi connectivity index (χ0n) is 15.2. The molecule has 0 atom stereocenters. The normalized spacial score (nSPS) is 11.2. The molecule has 0 spiro atoms. The summed E-state index contributed by atoms with van der Waals surface area (Å²) in [6, 6.07) is 20.6. The van der Waals surface area contributed by atoms with E-state index in [-0.39, 0.29) is 5.69 Å². The molecule has 0 radical (unpaired) electrons. The number of halogens is 1. The van der Waals surface area contributed by atoms with Crippen LogP contribution in [0.1, 0.15) is 5.56 Å². The fraction of sp³-hybridized carbons (Fsp3) is 0.0455. The Morgan fingerprint density at radius 1 is 0.966 bits per heavy atom. The highest BCUT2D eigenvalue weighted by atomic mass is 35.5. The third kappa shape index (κ3) is 3.13. The molecule has 5 rings (SSSR count). The quantitative estimate of drug-likeness (QED) is 0.451. The first-order valence-corrected chi connectivity index (χ1v) is 9.40. The average molecular weight is 403 g/mol. The molecule has 2 aliphatic heterocycles. The monoisotopic (exact) mass is 402 g/mol. The van der Waals surface area contributed by atoms with Crippen LogP contribution in [0.25, 0.3) is 22.9 Å². The van der Waals surface area contributed by atoms with E-state index < -0.39 is 0 Å². The molecule has 3 heterocycles. The molecule has 29 heavy (non-hydrogen) atoms. The molecule has 1 aromatic heterocycles. The van der Waals surface area contributed by atoms with Crippen LogP contribution in [-0.4, -0.2) is 18.9 Å². The third-order valence-electron chi connectivity index (χ3n) is 4.65. The largest absolute Gasteiger partial charge is 0.485 e. The van der Waals surface area contributed by atoms with Crippen molar-refractivity contribution in [2.75, 3.05) is 0 Å². The van der Waals surface area contributed by atoms with Crippen LogP contribution in [0, 0.1) is 0 Å². The van der Waals surface area contributed by atoms with Gasteiger partial charge in [0, 0.05) is 11.2 Å². The van der Waals surface area contributed by atoms with E-state index in [4.69, 9.17) is 16.3 Å². The lowest BCUT2D eigenvalue weighted by atomic mass is 10.2. The van der Waals surface area contributed by atoms with E-state index >= 15 is 0 Å². The summed E-state index contributed by atoms with van der Waals surface area (Å²) in [5.74, 6) is 1.13. The number of imidazole rings is 1. The highest BCUT2D eigenvalue weighted by Crippen LogP contribution is 2.27. The van der Waals surface area contributed by atoms with Crippen molar-refractivity contribution in [2.24, 2.45) is 0 Å². The molecule has 6 nitrogen and oxygen atoms in total. The first kappa shape index (κ1) is 17.5. The Labute approximate surface area is 171 Å². The molecule has 2 aliphatic rings. The lowest BCUT2D eigenvalue weighted by molar-refractivity contribution is 0.308. The Hall–Kier alpha value is -3.64. The molecule has 0 bridgehead atoms. The summed E-state index contributed by atoms with van der Waals surface area (Å²) in [5.41, 5.74) is 2.57. The Bertz CT molecular complexity index is 1330. The van der Waals surface area contributed by atoms with Gasteiger partial charge in [-0.1, -0.05) is 41.9 Å². The summed E-state index contributed by atoms with van der Waals surface area (Å²) in [6.07, 6.45) is 3.46. The van der Waals surface area contributed by atoms with Gasteiger partial charge in [0.05, 0.1) is 11.9 Å². The molecule has 0 aliphatic carbocycles. The van der Waals surface area contributed by atoms with Crippen molar-refractivity contribution >= 4 is 17.2 Å². The van der Waals surface area contributed by atoms with Crippen molar-refractivity contribution in [3.8, 4) is 23.0 Å². The lowest BCUT2D eigenvalue weighted by Gasteiger charge is -2.12. The summed E-state index contributed by atoms with van der Waals surface area (Å²) >= 11 is 5.97. The number of hydrogen-bond acceptors (Lipinski definition) is 4. The van der Waals surface area contributed by atoms with Gasteiger partial charge in [-0.2, -0.15) is 4.98 Å². The van der Waals surface area contributed by atoms with Gasteiger partial charge in [-0.25, -0.2) is 9.78 Å². The van der Waals surface area contributed by atoms with Crippen LogP contribution in [-0.2, 0) is 6.61 Å². The van der Waals surface area contributed by atoms with Crippen molar-refractivity contribution < 1.29 is 4.74 Å². The van der Waals surface area contributed by atoms with Crippen LogP contribution in [0.4, 0.5) is 0 Å². The SMILES string of the molecule is O=c1nc2n3cccc(OCc4ccccc4)c3ncc-2n1-c1ccc(Cl)cc1. The van der Waals surface area contributed by atoms with Gasteiger partial charge in [-0.3, -0.25) is 8.97 Å². The minimum absolute atomic E-state index is 0.375. The summed E-state index contributed by atoms with van der Waals surface area (Å²) in [6.45, 7) is 0.423. The van der Waals surface area contributed by atoms with Gasteiger partial charge in [0.2, 0.25) is 0 Å². The summed E-state index contributed by atoms with van der Waals surface area (Å²) in [7, 11) is 0. The number of rotatable bonds is 4. The number of nitrogens with zero attached hydrogens (tertiary/aromatic N) is 4. The predicted octanol–water partition coefficient (Wildman–Crippen LogP) is 4.22. The molecule has 3 aromatic rings. The van der Waals surface area contributed by atoms with Crippen LogP contribution < -0.4 is 10.4 Å². The summed E-state index contributed by atoms with van der Waals surface area (Å²) < 4.78 is 9.26. The van der Waals surface area contributed by atoms with Crippen LogP contribution in [0.3, 0.4) is 0 Å². The van der Waals surface area contributed by atoms with E-state index in [0.717, 1.165) is 5.56 Å². The van der Waals surface area contributed by atoms with E-state index in [9.17, 15) is 4.79 Å². The van der Waals surface area contributed by atoms with Gasteiger partial charge < -0.3 is 4.74 Å². The molecule has 0 saturated carbocycles. The highest BCUT2D eigenvalue weighted by molar-refractivity contribution is 6.30. The van der Waals surface area contributed by atoms with Crippen molar-refractivity contribution in [3.05, 3.63) is 100 Å². The minimum atomic E-state index is -0.375. The number of hydrogen-bond donors (Lipinski definition) is 0. The zero-order chi connectivity index (χ0) is 19.8. The van der Waals surface area contributed by atoms with Crippen molar-refractivity contribution in [1.29, 1.82) is 0 Å². The van der Waals surface area contributed by atoms with Crippen LogP contribution in [0.5, 0.6) is 5.75 Å². The molecule has 0 N–H and O–H groups in total. The van der Waals surface area contributed by atoms with Crippen LogP contribution in [0.2, 0.25) is 5.02 Å². The number of aromatic nitrogens is 4. The smallest absolute Gasteiger partial charge is 0.354 e. The first-order chi connectivity index (χ1) is 14.2. The lowest BCUT2D eigenvalue weighted by Crippen LogP contribution is -2.14. The van der Waals surface area contributed by atoms with Gasteiger partial charge in [-0.05, 0) is 42.0 Å². The second kappa shape index (κ2) is 7.07. The molecule has 0 unspecified atom stereocenters. The molecule has 2 aromatic carbocycles. The summed E-state index contributed by atoms with van der Waals surface area (Å²) in [5, 5.41) is 0.601. The Morgan fingerprint density at radius 2 is 1.76 bits per heavy atom. The second-order valence-corrected chi connectivity index (χ2v) is 6.95. The number of pyridine rings is 1. The molecular formula is C22H15ClN4O2. The van der Waals surface area contributed by atoms with Crippen molar-refractivity contribution in [1.82, 2.24) is 18.9 Å². The first-order valence-electron chi connectivity index (χ1n) is 9.02. The molecule has 142 valence electrons. The molecule has 0 saturated heterocycles. The van der Waals surface area contributed by atoms with Gasteiger partial charge in [0.1, 0.15) is 12.3 Å². The Kier molecular flexibility index (Phi) is 4.26.